The first-order valence-electron chi connectivity index (χ1n) is 9.07. The quantitative estimate of drug-likeness (QED) is 0.658. The molecule has 2 fully saturated rings. The topological polar surface area (TPSA) is 27.7 Å². The van der Waals surface area contributed by atoms with Crippen molar-refractivity contribution in [2.24, 2.45) is 0 Å². The van der Waals surface area contributed by atoms with E-state index in [0.717, 1.165) is 38.9 Å². The maximum Gasteiger partial charge on any atom is 0.0594 e. The summed E-state index contributed by atoms with van der Waals surface area (Å²) in [5, 5.41) is 3.58. The Morgan fingerprint density at radius 1 is 1.19 bits per heavy atom. The van der Waals surface area contributed by atoms with Crippen LogP contribution in [-0.2, 0) is 4.74 Å². The molecule has 0 saturated carbocycles. The highest BCUT2D eigenvalue weighted by Gasteiger charge is 2.28. The van der Waals surface area contributed by atoms with Gasteiger partial charge in [-0.3, -0.25) is 4.90 Å². The van der Waals surface area contributed by atoms with E-state index in [2.05, 4.69) is 29.0 Å². The van der Waals surface area contributed by atoms with Crippen LogP contribution >= 0.6 is 0 Å². The molecule has 4 heteroatoms. The monoisotopic (exact) mass is 297 g/mol. The van der Waals surface area contributed by atoms with Crippen molar-refractivity contribution in [1.29, 1.82) is 0 Å². The molecular formula is C17H35N3O. The first kappa shape index (κ1) is 17.2. The Balaban J connectivity index is 1.52. The zero-order chi connectivity index (χ0) is 14.9. The second-order valence-electron chi connectivity index (χ2n) is 6.74. The minimum atomic E-state index is 0.685. The molecule has 0 spiro atoms. The summed E-state index contributed by atoms with van der Waals surface area (Å²) >= 11 is 0. The van der Waals surface area contributed by atoms with Crippen molar-refractivity contribution in [3.8, 4) is 0 Å². The molecule has 0 bridgehead atoms. The number of unbranched alkanes of at least 4 members (excludes halogenated alkanes) is 1. The summed E-state index contributed by atoms with van der Waals surface area (Å²) in [6.07, 6.45) is 6.63. The zero-order valence-electron chi connectivity index (χ0n) is 14.1. The molecule has 0 aliphatic carbocycles. The third kappa shape index (κ3) is 6.23. The Morgan fingerprint density at radius 2 is 2.00 bits per heavy atom. The van der Waals surface area contributed by atoms with Gasteiger partial charge in [0, 0.05) is 31.7 Å². The second kappa shape index (κ2) is 9.78. The standard InChI is InChI=1S/C17H35N3O/c1-3-8-18-16(2)6-4-5-9-19-10-7-17(15-19)20-11-13-21-14-12-20/h16-18H,3-15H2,1-2H3. The van der Waals surface area contributed by atoms with Crippen LogP contribution in [0, 0.1) is 0 Å². The van der Waals surface area contributed by atoms with E-state index in [-0.39, 0.29) is 0 Å². The maximum atomic E-state index is 5.45. The van der Waals surface area contributed by atoms with Gasteiger partial charge in [0.1, 0.15) is 0 Å². The number of nitrogens with zero attached hydrogens (tertiary/aromatic N) is 2. The first-order chi connectivity index (χ1) is 10.3. The van der Waals surface area contributed by atoms with E-state index in [1.165, 1.54) is 51.7 Å². The lowest BCUT2D eigenvalue weighted by atomic mass is 10.1. The molecule has 2 saturated heterocycles. The average Bonchev–Trinajstić information content (AvgIpc) is 2.99. The number of likely N-dealkylation sites (tertiary alicyclic amines) is 1. The van der Waals surface area contributed by atoms with Crippen molar-refractivity contribution in [2.45, 2.75) is 58.0 Å². The molecule has 1 N–H and O–H groups in total. The molecule has 2 heterocycles. The molecule has 124 valence electrons. The Hall–Kier alpha value is -0.160. The summed E-state index contributed by atoms with van der Waals surface area (Å²) in [4.78, 5) is 5.31. The second-order valence-corrected chi connectivity index (χ2v) is 6.74. The third-order valence-corrected chi connectivity index (χ3v) is 4.91. The highest BCUT2D eigenvalue weighted by molar-refractivity contribution is 4.84. The molecule has 21 heavy (non-hydrogen) atoms. The van der Waals surface area contributed by atoms with E-state index in [0.29, 0.717) is 6.04 Å². The minimum Gasteiger partial charge on any atom is -0.379 e. The van der Waals surface area contributed by atoms with Gasteiger partial charge in [0.05, 0.1) is 13.2 Å². The van der Waals surface area contributed by atoms with Crippen molar-refractivity contribution >= 4 is 0 Å². The Morgan fingerprint density at radius 3 is 2.76 bits per heavy atom. The fourth-order valence-electron chi connectivity index (χ4n) is 3.53. The highest BCUT2D eigenvalue weighted by atomic mass is 16.5. The van der Waals surface area contributed by atoms with Gasteiger partial charge in [-0.25, -0.2) is 0 Å². The average molecular weight is 297 g/mol. The molecule has 4 nitrogen and oxygen atoms in total. The number of hydrogen-bond donors (Lipinski definition) is 1. The van der Waals surface area contributed by atoms with Crippen LogP contribution in [0.1, 0.15) is 46.0 Å². The lowest BCUT2D eigenvalue weighted by Gasteiger charge is -2.32. The van der Waals surface area contributed by atoms with Crippen LogP contribution in [0.4, 0.5) is 0 Å². The van der Waals surface area contributed by atoms with Gasteiger partial charge < -0.3 is 15.0 Å². The molecule has 2 atom stereocenters. The van der Waals surface area contributed by atoms with Gasteiger partial charge in [-0.15, -0.1) is 0 Å². The largest absolute Gasteiger partial charge is 0.379 e. The summed E-state index contributed by atoms with van der Waals surface area (Å²) in [7, 11) is 0. The normalized spacial score (nSPS) is 26.3. The third-order valence-electron chi connectivity index (χ3n) is 4.91. The fraction of sp³-hybridized carbons (Fsp3) is 1.00. The van der Waals surface area contributed by atoms with Gasteiger partial charge in [-0.05, 0) is 52.2 Å². The summed E-state index contributed by atoms with van der Waals surface area (Å²) < 4.78 is 5.45. The number of morpholine rings is 1. The van der Waals surface area contributed by atoms with Crippen LogP contribution in [0.25, 0.3) is 0 Å². The molecular weight excluding hydrogens is 262 g/mol. The Bertz CT molecular complexity index is 269. The zero-order valence-corrected chi connectivity index (χ0v) is 14.1. The number of ether oxygens (including phenoxy) is 1. The Labute approximate surface area is 131 Å². The van der Waals surface area contributed by atoms with E-state index in [1.807, 2.05) is 0 Å². The molecule has 0 aromatic carbocycles. The van der Waals surface area contributed by atoms with Gasteiger partial charge in [0.2, 0.25) is 0 Å². The smallest absolute Gasteiger partial charge is 0.0594 e. The molecule has 2 unspecified atom stereocenters. The summed E-state index contributed by atoms with van der Waals surface area (Å²) in [6, 6.07) is 1.48. The molecule has 2 rings (SSSR count). The van der Waals surface area contributed by atoms with E-state index < -0.39 is 0 Å². The van der Waals surface area contributed by atoms with Crippen LogP contribution < -0.4 is 5.32 Å². The lowest BCUT2D eigenvalue weighted by molar-refractivity contribution is 0.0185. The molecule has 0 aromatic heterocycles. The number of rotatable bonds is 9. The van der Waals surface area contributed by atoms with Gasteiger partial charge in [0.25, 0.3) is 0 Å². The maximum absolute atomic E-state index is 5.45. The van der Waals surface area contributed by atoms with Gasteiger partial charge in [-0.1, -0.05) is 13.3 Å². The van der Waals surface area contributed by atoms with Crippen LogP contribution in [0.5, 0.6) is 0 Å². The number of hydrogen-bond acceptors (Lipinski definition) is 4. The number of nitrogens with one attached hydrogen (secondary N) is 1. The first-order valence-corrected chi connectivity index (χ1v) is 9.07. The van der Waals surface area contributed by atoms with E-state index in [9.17, 15) is 0 Å². The summed E-state index contributed by atoms with van der Waals surface area (Å²) in [5.74, 6) is 0. The van der Waals surface area contributed by atoms with E-state index in [4.69, 9.17) is 4.74 Å². The molecule has 0 amide bonds. The van der Waals surface area contributed by atoms with Crippen molar-refractivity contribution in [2.75, 3.05) is 52.5 Å². The van der Waals surface area contributed by atoms with Crippen molar-refractivity contribution in [3.05, 3.63) is 0 Å². The fourth-order valence-corrected chi connectivity index (χ4v) is 3.53. The van der Waals surface area contributed by atoms with E-state index in [1.54, 1.807) is 0 Å². The van der Waals surface area contributed by atoms with Gasteiger partial charge in [-0.2, -0.15) is 0 Å². The van der Waals surface area contributed by atoms with Crippen LogP contribution in [0.3, 0.4) is 0 Å². The van der Waals surface area contributed by atoms with Crippen LogP contribution in [0.2, 0.25) is 0 Å². The van der Waals surface area contributed by atoms with Gasteiger partial charge in [0.15, 0.2) is 0 Å². The van der Waals surface area contributed by atoms with Crippen molar-refractivity contribution in [1.82, 2.24) is 15.1 Å². The molecule has 0 radical (unpaired) electrons. The molecule has 2 aliphatic rings. The summed E-state index contributed by atoms with van der Waals surface area (Å²) in [6.45, 7) is 13.7. The van der Waals surface area contributed by atoms with Crippen molar-refractivity contribution < 1.29 is 4.74 Å². The van der Waals surface area contributed by atoms with Crippen LogP contribution in [-0.4, -0.2) is 74.4 Å². The summed E-state index contributed by atoms with van der Waals surface area (Å²) in [5.41, 5.74) is 0. The Kier molecular flexibility index (Phi) is 8.01. The van der Waals surface area contributed by atoms with Crippen LogP contribution in [0.15, 0.2) is 0 Å². The lowest BCUT2D eigenvalue weighted by Crippen LogP contribution is -2.44. The molecule has 2 aliphatic heterocycles. The van der Waals surface area contributed by atoms with Crippen molar-refractivity contribution in [3.63, 3.8) is 0 Å². The van der Waals surface area contributed by atoms with E-state index >= 15 is 0 Å². The van der Waals surface area contributed by atoms with Gasteiger partial charge >= 0.3 is 0 Å². The predicted octanol–water partition coefficient (Wildman–Crippen LogP) is 1.95. The highest BCUT2D eigenvalue weighted by Crippen LogP contribution is 2.17. The molecule has 0 aromatic rings. The predicted molar refractivity (Wildman–Crippen MR) is 88.8 cm³/mol. The SMILES string of the molecule is CCCNC(C)CCCCN1CCC(N2CCOCC2)C1. The minimum absolute atomic E-state index is 0.685.